The minimum atomic E-state index is -4.63. The molecule has 0 radical (unpaired) electrons. The number of nitrogens with one attached hydrogen (secondary N) is 1. The Morgan fingerprint density at radius 3 is 2.53 bits per heavy atom. The third-order valence-electron chi connectivity index (χ3n) is 2.88. The van der Waals surface area contributed by atoms with Crippen LogP contribution in [0.3, 0.4) is 0 Å². The van der Waals surface area contributed by atoms with Crippen LogP contribution in [-0.2, 0) is 6.54 Å². The molecular formula is C12H14F3NO. The zero-order valence-corrected chi connectivity index (χ0v) is 9.26. The summed E-state index contributed by atoms with van der Waals surface area (Å²) in [6.45, 7) is 0.414. The molecule has 0 amide bonds. The summed E-state index contributed by atoms with van der Waals surface area (Å²) in [4.78, 5) is 0. The average molecular weight is 245 g/mol. The van der Waals surface area contributed by atoms with Crippen LogP contribution < -0.4 is 10.1 Å². The fourth-order valence-electron chi connectivity index (χ4n) is 1.74. The van der Waals surface area contributed by atoms with E-state index in [9.17, 15) is 13.2 Å². The summed E-state index contributed by atoms with van der Waals surface area (Å²) in [5, 5.41) is 3.21. The van der Waals surface area contributed by atoms with Crippen molar-refractivity contribution in [2.24, 2.45) is 0 Å². The van der Waals surface area contributed by atoms with E-state index >= 15 is 0 Å². The first-order valence-electron chi connectivity index (χ1n) is 5.61. The summed E-state index contributed by atoms with van der Waals surface area (Å²) in [5.74, 6) is -0.119. The van der Waals surface area contributed by atoms with Crippen molar-refractivity contribution in [3.63, 3.8) is 0 Å². The Kier molecular flexibility index (Phi) is 3.57. The van der Waals surface area contributed by atoms with Crippen LogP contribution in [0.2, 0.25) is 0 Å². The number of para-hydroxylation sites is 1. The van der Waals surface area contributed by atoms with Crippen LogP contribution in [0.1, 0.15) is 24.8 Å². The molecule has 1 N–H and O–H groups in total. The fourth-order valence-corrected chi connectivity index (χ4v) is 1.74. The molecular weight excluding hydrogens is 231 g/mol. The molecule has 2 nitrogen and oxygen atoms in total. The van der Waals surface area contributed by atoms with Gasteiger partial charge in [-0.2, -0.15) is 0 Å². The van der Waals surface area contributed by atoms with Crippen LogP contribution in [0.5, 0.6) is 5.75 Å². The van der Waals surface area contributed by atoms with Gasteiger partial charge < -0.3 is 10.1 Å². The second kappa shape index (κ2) is 4.96. The molecule has 0 unspecified atom stereocenters. The SMILES string of the molecule is FC(F)(F)Oc1ccccc1CNC1CCC1. The zero-order valence-electron chi connectivity index (χ0n) is 9.26. The zero-order chi connectivity index (χ0) is 12.3. The van der Waals surface area contributed by atoms with Crippen LogP contribution in [0, 0.1) is 0 Å². The number of hydrogen-bond donors (Lipinski definition) is 1. The number of hydrogen-bond acceptors (Lipinski definition) is 2. The third-order valence-corrected chi connectivity index (χ3v) is 2.88. The standard InChI is InChI=1S/C12H14F3NO/c13-12(14,15)17-11-7-2-1-4-9(11)8-16-10-5-3-6-10/h1-2,4,7,10,16H,3,5-6,8H2. The quantitative estimate of drug-likeness (QED) is 0.879. The first-order chi connectivity index (χ1) is 8.04. The highest BCUT2D eigenvalue weighted by Crippen LogP contribution is 2.27. The van der Waals surface area contributed by atoms with Crippen LogP contribution in [-0.4, -0.2) is 12.4 Å². The van der Waals surface area contributed by atoms with Gasteiger partial charge in [-0.05, 0) is 18.9 Å². The van der Waals surface area contributed by atoms with Crippen molar-refractivity contribution < 1.29 is 17.9 Å². The molecule has 0 heterocycles. The van der Waals surface area contributed by atoms with Gasteiger partial charge in [0.1, 0.15) is 5.75 Å². The normalized spacial score (nSPS) is 16.6. The maximum absolute atomic E-state index is 12.2. The number of rotatable bonds is 4. The van der Waals surface area contributed by atoms with Gasteiger partial charge >= 0.3 is 6.36 Å². The van der Waals surface area contributed by atoms with E-state index in [1.807, 2.05) is 0 Å². The first kappa shape index (κ1) is 12.2. The van der Waals surface area contributed by atoms with E-state index in [1.54, 1.807) is 12.1 Å². The second-order valence-electron chi connectivity index (χ2n) is 4.16. The molecule has 0 bridgehead atoms. The fraction of sp³-hybridized carbons (Fsp3) is 0.500. The third kappa shape index (κ3) is 3.63. The molecule has 0 saturated heterocycles. The lowest BCUT2D eigenvalue weighted by Crippen LogP contribution is -2.34. The van der Waals surface area contributed by atoms with Gasteiger partial charge in [0.2, 0.25) is 0 Å². The van der Waals surface area contributed by atoms with E-state index in [0.29, 0.717) is 18.2 Å². The predicted octanol–water partition coefficient (Wildman–Crippen LogP) is 3.23. The highest BCUT2D eigenvalue weighted by atomic mass is 19.4. The molecule has 94 valence electrons. The van der Waals surface area contributed by atoms with E-state index in [4.69, 9.17) is 0 Å². The van der Waals surface area contributed by atoms with Crippen molar-refractivity contribution >= 4 is 0 Å². The minimum absolute atomic E-state index is 0.119. The molecule has 2 rings (SSSR count). The monoisotopic (exact) mass is 245 g/mol. The van der Waals surface area contributed by atoms with Gasteiger partial charge in [0.05, 0.1) is 0 Å². The smallest absolute Gasteiger partial charge is 0.405 e. The van der Waals surface area contributed by atoms with Crippen LogP contribution in [0.25, 0.3) is 0 Å². The molecule has 1 aromatic rings. The van der Waals surface area contributed by atoms with E-state index in [0.717, 1.165) is 12.8 Å². The molecule has 1 aromatic carbocycles. The van der Waals surface area contributed by atoms with Crippen LogP contribution in [0.15, 0.2) is 24.3 Å². The van der Waals surface area contributed by atoms with Gasteiger partial charge in [-0.25, -0.2) is 0 Å². The lowest BCUT2D eigenvalue weighted by Gasteiger charge is -2.27. The lowest BCUT2D eigenvalue weighted by molar-refractivity contribution is -0.274. The van der Waals surface area contributed by atoms with E-state index in [2.05, 4.69) is 10.1 Å². The Hall–Kier alpha value is -1.23. The topological polar surface area (TPSA) is 21.3 Å². The van der Waals surface area contributed by atoms with Gasteiger partial charge in [-0.1, -0.05) is 24.6 Å². The van der Waals surface area contributed by atoms with Crippen molar-refractivity contribution in [2.75, 3.05) is 0 Å². The summed E-state index contributed by atoms with van der Waals surface area (Å²) in [6.07, 6.45) is -1.24. The molecule has 5 heteroatoms. The maximum atomic E-state index is 12.2. The van der Waals surface area contributed by atoms with Crippen molar-refractivity contribution in [1.82, 2.24) is 5.32 Å². The van der Waals surface area contributed by atoms with Crippen molar-refractivity contribution in [3.05, 3.63) is 29.8 Å². The molecule has 0 aliphatic heterocycles. The van der Waals surface area contributed by atoms with E-state index < -0.39 is 6.36 Å². The van der Waals surface area contributed by atoms with Crippen LogP contribution in [0.4, 0.5) is 13.2 Å². The largest absolute Gasteiger partial charge is 0.573 e. The summed E-state index contributed by atoms with van der Waals surface area (Å²) in [6, 6.07) is 6.67. The highest BCUT2D eigenvalue weighted by molar-refractivity contribution is 5.33. The van der Waals surface area contributed by atoms with Crippen molar-refractivity contribution in [1.29, 1.82) is 0 Å². The maximum Gasteiger partial charge on any atom is 0.573 e. The molecule has 17 heavy (non-hydrogen) atoms. The molecule has 1 aliphatic rings. The molecule has 0 spiro atoms. The molecule has 1 aliphatic carbocycles. The Morgan fingerprint density at radius 1 is 1.24 bits per heavy atom. The number of ether oxygens (including phenoxy) is 1. The number of benzene rings is 1. The van der Waals surface area contributed by atoms with Crippen LogP contribution >= 0.6 is 0 Å². The molecule has 0 atom stereocenters. The molecule has 1 saturated carbocycles. The van der Waals surface area contributed by atoms with Gasteiger partial charge in [0, 0.05) is 18.2 Å². The molecule has 0 aromatic heterocycles. The summed E-state index contributed by atoms with van der Waals surface area (Å²) in [5.41, 5.74) is 0.539. The van der Waals surface area contributed by atoms with Crippen molar-refractivity contribution in [2.45, 2.75) is 38.2 Å². The average Bonchev–Trinajstić information content (AvgIpc) is 2.16. The number of halogens is 3. The van der Waals surface area contributed by atoms with E-state index in [-0.39, 0.29) is 5.75 Å². The number of alkyl halides is 3. The summed E-state index contributed by atoms with van der Waals surface area (Å²) < 4.78 is 40.4. The van der Waals surface area contributed by atoms with Gasteiger partial charge in [-0.15, -0.1) is 13.2 Å². The second-order valence-corrected chi connectivity index (χ2v) is 4.16. The minimum Gasteiger partial charge on any atom is -0.405 e. The van der Waals surface area contributed by atoms with Crippen molar-refractivity contribution in [3.8, 4) is 5.75 Å². The van der Waals surface area contributed by atoms with Gasteiger partial charge in [0.15, 0.2) is 0 Å². The first-order valence-corrected chi connectivity index (χ1v) is 5.61. The Balaban J connectivity index is 1.99. The predicted molar refractivity (Wildman–Crippen MR) is 57.6 cm³/mol. The Labute approximate surface area is 97.8 Å². The summed E-state index contributed by atoms with van der Waals surface area (Å²) in [7, 11) is 0. The highest BCUT2D eigenvalue weighted by Gasteiger charge is 2.32. The summed E-state index contributed by atoms with van der Waals surface area (Å²) >= 11 is 0. The molecule has 1 fully saturated rings. The Morgan fingerprint density at radius 2 is 1.94 bits per heavy atom. The van der Waals surface area contributed by atoms with E-state index in [1.165, 1.54) is 18.6 Å². The lowest BCUT2D eigenvalue weighted by atomic mass is 9.93. The van der Waals surface area contributed by atoms with Gasteiger partial charge in [-0.3, -0.25) is 0 Å². The Bertz CT molecular complexity index is 374. The van der Waals surface area contributed by atoms with Gasteiger partial charge in [0.25, 0.3) is 0 Å².